The van der Waals surface area contributed by atoms with E-state index >= 15 is 0 Å². The molecule has 1 aromatic carbocycles. The van der Waals surface area contributed by atoms with Crippen molar-refractivity contribution in [3.63, 3.8) is 0 Å². The van der Waals surface area contributed by atoms with E-state index in [0.29, 0.717) is 18.1 Å². The Morgan fingerprint density at radius 2 is 1.96 bits per heavy atom. The van der Waals surface area contributed by atoms with E-state index in [-0.39, 0.29) is 11.8 Å². The predicted octanol–water partition coefficient (Wildman–Crippen LogP) is 4.45. The van der Waals surface area contributed by atoms with Gasteiger partial charge in [-0.05, 0) is 81.9 Å². The fourth-order valence-electron chi connectivity index (χ4n) is 4.40. The minimum atomic E-state index is 0.220. The largest absolute Gasteiger partial charge is 0.377 e. The van der Waals surface area contributed by atoms with Crippen LogP contribution in [0.5, 0.6) is 0 Å². The van der Waals surface area contributed by atoms with E-state index in [2.05, 4.69) is 48.3 Å². The maximum Gasteiger partial charge on any atom is 0.227 e. The van der Waals surface area contributed by atoms with Crippen molar-refractivity contribution in [3.8, 4) is 0 Å². The first kappa shape index (κ1) is 18.9. The molecule has 3 atom stereocenters. The zero-order valence-electron chi connectivity index (χ0n) is 16.8. The lowest BCUT2D eigenvalue weighted by molar-refractivity contribution is -0.117. The molecule has 2 aliphatic carbocycles. The van der Waals surface area contributed by atoms with Crippen molar-refractivity contribution in [2.45, 2.75) is 71.1 Å². The third-order valence-electron chi connectivity index (χ3n) is 6.45. The number of hydrogen-bond acceptors (Lipinski definition) is 3. The lowest BCUT2D eigenvalue weighted by Gasteiger charge is -2.32. The lowest BCUT2D eigenvalue weighted by Crippen LogP contribution is -2.39. The van der Waals surface area contributed by atoms with Gasteiger partial charge >= 0.3 is 0 Å². The van der Waals surface area contributed by atoms with Crippen LogP contribution in [0.3, 0.4) is 0 Å². The van der Waals surface area contributed by atoms with Gasteiger partial charge in [-0.3, -0.25) is 9.69 Å². The molecule has 1 aromatic rings. The second kappa shape index (κ2) is 8.32. The van der Waals surface area contributed by atoms with Gasteiger partial charge in [0.25, 0.3) is 0 Å². The van der Waals surface area contributed by atoms with Crippen LogP contribution in [0.2, 0.25) is 0 Å². The molecule has 1 N–H and O–H groups in total. The van der Waals surface area contributed by atoms with Crippen LogP contribution >= 0.6 is 0 Å². The first-order chi connectivity index (χ1) is 13.1. The number of amides is 1. The van der Waals surface area contributed by atoms with Crippen molar-refractivity contribution in [1.82, 2.24) is 4.90 Å². The predicted molar refractivity (Wildman–Crippen MR) is 109 cm³/mol. The van der Waals surface area contributed by atoms with Crippen LogP contribution < -0.4 is 5.32 Å². The highest BCUT2D eigenvalue weighted by Crippen LogP contribution is 2.54. The van der Waals surface area contributed by atoms with E-state index in [0.717, 1.165) is 37.7 Å². The van der Waals surface area contributed by atoms with Crippen LogP contribution in [0.15, 0.2) is 24.3 Å². The van der Waals surface area contributed by atoms with Crippen LogP contribution in [0.25, 0.3) is 0 Å². The Bertz CT molecular complexity index is 632. The summed E-state index contributed by atoms with van der Waals surface area (Å²) in [6, 6.07) is 8.90. The molecular formula is C23H34N2O2. The summed E-state index contributed by atoms with van der Waals surface area (Å²) in [5.41, 5.74) is 2.22. The number of anilines is 1. The van der Waals surface area contributed by atoms with Gasteiger partial charge in [-0.15, -0.1) is 0 Å². The van der Waals surface area contributed by atoms with E-state index in [1.165, 1.54) is 37.7 Å². The number of carbonyl (C=O) groups is 1. The zero-order valence-corrected chi connectivity index (χ0v) is 16.8. The molecule has 1 saturated heterocycles. The second-order valence-corrected chi connectivity index (χ2v) is 9.04. The van der Waals surface area contributed by atoms with Gasteiger partial charge in [0.15, 0.2) is 0 Å². The highest BCUT2D eigenvalue weighted by molar-refractivity contribution is 5.94. The number of benzene rings is 1. The number of ether oxygens (including phenoxy) is 1. The minimum absolute atomic E-state index is 0.220. The number of nitrogens with zero attached hydrogens (tertiary/aromatic N) is 1. The minimum Gasteiger partial charge on any atom is -0.377 e. The first-order valence-corrected chi connectivity index (χ1v) is 10.9. The molecule has 0 bridgehead atoms. The molecule has 0 radical (unpaired) electrons. The Labute approximate surface area is 163 Å². The van der Waals surface area contributed by atoms with Crippen LogP contribution in [0.4, 0.5) is 5.69 Å². The summed E-state index contributed by atoms with van der Waals surface area (Å²) >= 11 is 0. The van der Waals surface area contributed by atoms with Crippen molar-refractivity contribution >= 4 is 11.6 Å². The molecule has 1 aliphatic heterocycles. The Balaban J connectivity index is 1.28. The molecule has 2 saturated carbocycles. The van der Waals surface area contributed by atoms with Crippen LogP contribution in [-0.4, -0.2) is 36.1 Å². The number of nitrogens with one attached hydrogen (secondary N) is 1. The fourth-order valence-corrected chi connectivity index (χ4v) is 4.40. The monoisotopic (exact) mass is 370 g/mol. The molecule has 4 heteroatoms. The van der Waals surface area contributed by atoms with Crippen LogP contribution in [0, 0.1) is 17.8 Å². The molecule has 0 spiro atoms. The van der Waals surface area contributed by atoms with E-state index in [4.69, 9.17) is 4.74 Å². The Hall–Kier alpha value is -1.39. The topological polar surface area (TPSA) is 41.6 Å². The van der Waals surface area contributed by atoms with Gasteiger partial charge in [0.05, 0.1) is 6.10 Å². The maximum absolute atomic E-state index is 12.4. The molecule has 4 nitrogen and oxygen atoms in total. The van der Waals surface area contributed by atoms with Crippen molar-refractivity contribution in [2.24, 2.45) is 17.8 Å². The van der Waals surface area contributed by atoms with Gasteiger partial charge in [-0.2, -0.15) is 0 Å². The van der Waals surface area contributed by atoms with Crippen LogP contribution in [-0.2, 0) is 16.1 Å². The second-order valence-electron chi connectivity index (χ2n) is 9.04. The number of hydrogen-bond donors (Lipinski definition) is 1. The van der Waals surface area contributed by atoms with E-state index in [1.807, 2.05) is 0 Å². The molecule has 4 rings (SSSR count). The Morgan fingerprint density at radius 3 is 2.59 bits per heavy atom. The lowest BCUT2D eigenvalue weighted by atomic mass is 10.1. The highest BCUT2D eigenvalue weighted by Gasteiger charge is 2.51. The third-order valence-corrected chi connectivity index (χ3v) is 6.45. The molecule has 3 fully saturated rings. The van der Waals surface area contributed by atoms with Gasteiger partial charge in [0.1, 0.15) is 0 Å². The molecule has 1 amide bonds. The summed E-state index contributed by atoms with van der Waals surface area (Å²) in [4.78, 5) is 14.9. The quantitative estimate of drug-likeness (QED) is 0.735. The summed E-state index contributed by atoms with van der Waals surface area (Å²) in [7, 11) is 0. The summed E-state index contributed by atoms with van der Waals surface area (Å²) in [6.07, 6.45) is 7.81. The first-order valence-electron chi connectivity index (χ1n) is 10.9. The summed E-state index contributed by atoms with van der Waals surface area (Å²) in [5.74, 6) is 2.01. The molecule has 3 aliphatic rings. The Morgan fingerprint density at radius 1 is 1.19 bits per heavy atom. The molecule has 27 heavy (non-hydrogen) atoms. The highest BCUT2D eigenvalue weighted by atomic mass is 16.5. The maximum atomic E-state index is 12.4. The van der Waals surface area contributed by atoms with E-state index in [1.54, 1.807) is 0 Å². The normalized spacial score (nSPS) is 27.8. The van der Waals surface area contributed by atoms with Crippen molar-refractivity contribution in [1.29, 1.82) is 0 Å². The summed E-state index contributed by atoms with van der Waals surface area (Å²) in [5, 5.41) is 3.11. The fraction of sp³-hybridized carbons (Fsp3) is 0.696. The average Bonchev–Trinajstić information content (AvgIpc) is 3.55. The van der Waals surface area contributed by atoms with Gasteiger partial charge in [0, 0.05) is 37.3 Å². The average molecular weight is 371 g/mol. The van der Waals surface area contributed by atoms with Gasteiger partial charge in [-0.25, -0.2) is 0 Å². The van der Waals surface area contributed by atoms with Gasteiger partial charge in [-0.1, -0.05) is 12.1 Å². The standard InChI is InChI=1S/C23H34N2O2/c1-16(2)25(15-20-5-3-4-12-27-20)14-17-6-10-19(11-7-17)24-23(26)22-13-21(22)18-8-9-18/h6-7,10-11,16,18,20-22H,3-5,8-9,12-15H2,1-2H3,(H,24,26)/t20-,21+,22-/m1/s1. The number of carbonyl (C=O) groups excluding carboxylic acids is 1. The SMILES string of the molecule is CC(C)N(Cc1ccc(NC(=O)[C@@H]2C[C@H]2C2CC2)cc1)C[C@H]1CCCCO1. The molecule has 0 aromatic heterocycles. The van der Waals surface area contributed by atoms with Gasteiger partial charge in [0.2, 0.25) is 5.91 Å². The third kappa shape index (κ3) is 5.11. The van der Waals surface area contributed by atoms with Gasteiger partial charge < -0.3 is 10.1 Å². The smallest absolute Gasteiger partial charge is 0.227 e. The molecule has 0 unspecified atom stereocenters. The summed E-state index contributed by atoms with van der Waals surface area (Å²) in [6.45, 7) is 7.35. The van der Waals surface area contributed by atoms with Crippen molar-refractivity contribution in [3.05, 3.63) is 29.8 Å². The summed E-state index contributed by atoms with van der Waals surface area (Å²) < 4.78 is 5.93. The van der Waals surface area contributed by atoms with E-state index < -0.39 is 0 Å². The van der Waals surface area contributed by atoms with E-state index in [9.17, 15) is 4.79 Å². The number of rotatable bonds is 8. The molecule has 148 valence electrons. The van der Waals surface area contributed by atoms with Crippen molar-refractivity contribution in [2.75, 3.05) is 18.5 Å². The molecular weight excluding hydrogens is 336 g/mol. The zero-order chi connectivity index (χ0) is 18.8. The van der Waals surface area contributed by atoms with Crippen molar-refractivity contribution < 1.29 is 9.53 Å². The Kier molecular flexibility index (Phi) is 5.84. The van der Waals surface area contributed by atoms with Crippen LogP contribution in [0.1, 0.15) is 57.9 Å². The molecule has 1 heterocycles.